The predicted molar refractivity (Wildman–Crippen MR) is 61.8 cm³/mol. The Morgan fingerprint density at radius 2 is 1.84 bits per heavy atom. The van der Waals surface area contributed by atoms with Gasteiger partial charge in [-0.05, 0) is 36.4 Å². The van der Waals surface area contributed by atoms with Crippen molar-refractivity contribution in [2.45, 2.75) is 6.36 Å². The van der Waals surface area contributed by atoms with Crippen LogP contribution in [0.15, 0.2) is 47.8 Å². The summed E-state index contributed by atoms with van der Waals surface area (Å²) in [4.78, 5) is 0. The van der Waals surface area contributed by atoms with Gasteiger partial charge in [0.15, 0.2) is 0 Å². The zero-order valence-electron chi connectivity index (χ0n) is 9.50. The largest absolute Gasteiger partial charge is 0.573 e. The summed E-state index contributed by atoms with van der Waals surface area (Å²) in [5.74, 6) is -0.291. The predicted octanol–water partition coefficient (Wildman–Crippen LogP) is 3.18. The number of nitrogens with zero attached hydrogens (tertiary/aromatic N) is 2. The lowest BCUT2D eigenvalue weighted by Crippen LogP contribution is -2.17. The van der Waals surface area contributed by atoms with E-state index in [1.165, 1.54) is 30.5 Å². The molecule has 1 aromatic heterocycles. The van der Waals surface area contributed by atoms with Crippen molar-refractivity contribution in [2.24, 2.45) is 5.16 Å². The maximum atomic E-state index is 12.0. The number of alkyl halides is 3. The van der Waals surface area contributed by atoms with Crippen LogP contribution in [0, 0.1) is 0 Å². The van der Waals surface area contributed by atoms with Crippen LogP contribution < -0.4 is 4.74 Å². The first-order valence-corrected chi connectivity index (χ1v) is 5.20. The van der Waals surface area contributed by atoms with Gasteiger partial charge in [0, 0.05) is 11.9 Å². The average Bonchev–Trinajstić information content (AvgIpc) is 2.77. The van der Waals surface area contributed by atoms with Gasteiger partial charge in [-0.2, -0.15) is 0 Å². The van der Waals surface area contributed by atoms with Gasteiger partial charge >= 0.3 is 6.36 Å². The van der Waals surface area contributed by atoms with Gasteiger partial charge in [-0.15, -0.1) is 13.2 Å². The zero-order chi connectivity index (χ0) is 13.9. The molecule has 1 heterocycles. The molecule has 0 radical (unpaired) electrons. The molecule has 4 nitrogen and oxygen atoms in total. The van der Waals surface area contributed by atoms with E-state index in [4.69, 9.17) is 5.21 Å². The van der Waals surface area contributed by atoms with Gasteiger partial charge in [-0.3, -0.25) is 0 Å². The number of benzene rings is 1. The van der Waals surface area contributed by atoms with Gasteiger partial charge < -0.3 is 14.5 Å². The molecule has 100 valence electrons. The Kier molecular flexibility index (Phi) is 3.46. The van der Waals surface area contributed by atoms with Crippen molar-refractivity contribution in [2.75, 3.05) is 0 Å². The van der Waals surface area contributed by atoms with Crippen LogP contribution in [-0.4, -0.2) is 22.4 Å². The molecule has 2 aromatic rings. The fourth-order valence-electron chi connectivity index (χ4n) is 1.60. The Morgan fingerprint density at radius 3 is 2.42 bits per heavy atom. The summed E-state index contributed by atoms with van der Waals surface area (Å²) in [6, 6.07) is 8.77. The van der Waals surface area contributed by atoms with Gasteiger partial charge in [0.05, 0.1) is 11.9 Å². The first-order valence-electron chi connectivity index (χ1n) is 5.20. The third kappa shape index (κ3) is 3.27. The summed E-state index contributed by atoms with van der Waals surface area (Å²) >= 11 is 0. The summed E-state index contributed by atoms with van der Waals surface area (Å²) in [5, 5.41) is 11.4. The lowest BCUT2D eigenvalue weighted by Gasteiger charge is -2.10. The normalized spacial score (nSPS) is 11.9. The zero-order valence-corrected chi connectivity index (χ0v) is 9.50. The number of ether oxygens (including phenoxy) is 1. The van der Waals surface area contributed by atoms with Crippen LogP contribution in [0.1, 0.15) is 5.69 Å². The monoisotopic (exact) mass is 270 g/mol. The molecule has 0 aliphatic rings. The standard InChI is InChI=1S/C12H9F3N2O2/c13-12(14,15)19-11-5-3-9(4-6-11)17-7-1-2-10(17)8-16-18/h1-8,18H. The smallest absolute Gasteiger partial charge is 0.411 e. The van der Waals surface area contributed by atoms with Crippen molar-refractivity contribution in [3.63, 3.8) is 0 Å². The first-order chi connectivity index (χ1) is 8.99. The van der Waals surface area contributed by atoms with Crippen molar-refractivity contribution in [1.82, 2.24) is 4.57 Å². The molecule has 0 saturated heterocycles. The Bertz CT molecular complexity index is 573. The van der Waals surface area contributed by atoms with Gasteiger partial charge in [0.25, 0.3) is 0 Å². The Balaban J connectivity index is 2.25. The molecule has 0 unspecified atom stereocenters. The Hall–Kier alpha value is -2.44. The number of aromatic nitrogens is 1. The summed E-state index contributed by atoms with van der Waals surface area (Å²) < 4.78 is 41.4. The summed E-state index contributed by atoms with van der Waals surface area (Å²) in [7, 11) is 0. The van der Waals surface area contributed by atoms with Crippen molar-refractivity contribution in [3.8, 4) is 11.4 Å². The molecule has 0 fully saturated rings. The third-order valence-electron chi connectivity index (χ3n) is 2.32. The van der Waals surface area contributed by atoms with Crippen LogP contribution in [0.4, 0.5) is 13.2 Å². The molecule has 0 spiro atoms. The second-order valence-electron chi connectivity index (χ2n) is 3.59. The van der Waals surface area contributed by atoms with E-state index in [1.54, 1.807) is 22.9 Å². The molecule has 1 aromatic carbocycles. The molecule has 0 atom stereocenters. The van der Waals surface area contributed by atoms with E-state index in [9.17, 15) is 13.2 Å². The highest BCUT2D eigenvalue weighted by Gasteiger charge is 2.30. The van der Waals surface area contributed by atoms with E-state index in [2.05, 4.69) is 9.89 Å². The van der Waals surface area contributed by atoms with E-state index in [0.717, 1.165) is 0 Å². The summed E-state index contributed by atoms with van der Waals surface area (Å²) in [5.41, 5.74) is 1.21. The number of hydrogen-bond acceptors (Lipinski definition) is 3. The van der Waals surface area contributed by atoms with Gasteiger partial charge in [0.1, 0.15) is 5.75 Å². The second-order valence-corrected chi connectivity index (χ2v) is 3.59. The summed E-state index contributed by atoms with van der Waals surface area (Å²) in [6.07, 6.45) is -1.79. The number of hydrogen-bond donors (Lipinski definition) is 1. The van der Waals surface area contributed by atoms with Crippen LogP contribution in [0.2, 0.25) is 0 Å². The molecule has 0 bridgehead atoms. The minimum absolute atomic E-state index is 0.291. The molecule has 1 N–H and O–H groups in total. The molecule has 0 aliphatic carbocycles. The molecule has 0 aliphatic heterocycles. The van der Waals surface area contributed by atoms with Crippen molar-refractivity contribution in [1.29, 1.82) is 0 Å². The minimum atomic E-state index is -4.70. The molecule has 0 amide bonds. The van der Waals surface area contributed by atoms with E-state index in [1.807, 2.05) is 0 Å². The van der Waals surface area contributed by atoms with Crippen LogP contribution >= 0.6 is 0 Å². The maximum absolute atomic E-state index is 12.0. The molecule has 19 heavy (non-hydrogen) atoms. The molecule has 7 heteroatoms. The van der Waals surface area contributed by atoms with Crippen LogP contribution in [0.25, 0.3) is 5.69 Å². The minimum Gasteiger partial charge on any atom is -0.411 e. The Labute approximate surface area is 106 Å². The number of oxime groups is 1. The highest BCUT2D eigenvalue weighted by Crippen LogP contribution is 2.24. The third-order valence-corrected chi connectivity index (χ3v) is 2.32. The fraction of sp³-hybridized carbons (Fsp3) is 0.0833. The molecular weight excluding hydrogens is 261 g/mol. The second kappa shape index (κ2) is 5.05. The van der Waals surface area contributed by atoms with E-state index >= 15 is 0 Å². The van der Waals surface area contributed by atoms with Crippen LogP contribution in [0.5, 0.6) is 5.75 Å². The van der Waals surface area contributed by atoms with Gasteiger partial charge in [-0.1, -0.05) is 5.16 Å². The maximum Gasteiger partial charge on any atom is 0.573 e. The summed E-state index contributed by atoms with van der Waals surface area (Å²) in [6.45, 7) is 0. The lowest BCUT2D eigenvalue weighted by atomic mass is 10.3. The number of halogens is 3. The SMILES string of the molecule is ON=Cc1cccn1-c1ccc(OC(F)(F)F)cc1. The molecule has 0 saturated carbocycles. The topological polar surface area (TPSA) is 46.8 Å². The van der Waals surface area contributed by atoms with E-state index in [0.29, 0.717) is 11.4 Å². The van der Waals surface area contributed by atoms with Crippen molar-refractivity contribution in [3.05, 3.63) is 48.3 Å². The van der Waals surface area contributed by atoms with Crippen molar-refractivity contribution >= 4 is 6.21 Å². The first kappa shape index (κ1) is 13.0. The van der Waals surface area contributed by atoms with Crippen LogP contribution in [-0.2, 0) is 0 Å². The van der Waals surface area contributed by atoms with E-state index < -0.39 is 6.36 Å². The quantitative estimate of drug-likeness (QED) is 0.529. The van der Waals surface area contributed by atoms with Gasteiger partial charge in [0.2, 0.25) is 0 Å². The fourth-order valence-corrected chi connectivity index (χ4v) is 1.60. The van der Waals surface area contributed by atoms with E-state index in [-0.39, 0.29) is 5.75 Å². The molecular formula is C12H9F3N2O2. The van der Waals surface area contributed by atoms with Gasteiger partial charge in [-0.25, -0.2) is 0 Å². The lowest BCUT2D eigenvalue weighted by molar-refractivity contribution is -0.274. The average molecular weight is 270 g/mol. The molecule has 2 rings (SSSR count). The van der Waals surface area contributed by atoms with Crippen LogP contribution in [0.3, 0.4) is 0 Å². The Morgan fingerprint density at radius 1 is 1.16 bits per heavy atom. The number of rotatable bonds is 3. The van der Waals surface area contributed by atoms with Crippen molar-refractivity contribution < 1.29 is 23.1 Å². The highest BCUT2D eigenvalue weighted by atomic mass is 19.4. The highest BCUT2D eigenvalue weighted by molar-refractivity contribution is 5.78.